The van der Waals surface area contributed by atoms with Crippen LogP contribution in [0.2, 0.25) is 0 Å². The maximum atomic E-state index is 9.75. The lowest BCUT2D eigenvalue weighted by molar-refractivity contribution is 0.641. The van der Waals surface area contributed by atoms with Gasteiger partial charge in [-0.15, -0.1) is 0 Å². The normalized spacial score (nSPS) is 14.7. The van der Waals surface area contributed by atoms with Gasteiger partial charge in [0.05, 0.1) is 27.7 Å². The summed E-state index contributed by atoms with van der Waals surface area (Å²) in [7, 11) is 0. The summed E-state index contributed by atoms with van der Waals surface area (Å²) in [5, 5.41) is 0.0407. The molecule has 0 amide bonds. The highest BCUT2D eigenvalue weighted by molar-refractivity contribution is 7.00. The molecule has 0 N–H and O–H groups in total. The zero-order valence-corrected chi connectivity index (χ0v) is 47.7. The zero-order chi connectivity index (χ0) is 63.1. The maximum absolute atomic E-state index is 9.75. The van der Waals surface area contributed by atoms with Gasteiger partial charge in [0.1, 0.15) is 0 Å². The molecule has 2 aliphatic heterocycles. The Morgan fingerprint density at radius 3 is 0.963 bits per heavy atom. The van der Waals surface area contributed by atoms with Crippen LogP contribution in [0.3, 0.4) is 0 Å². The summed E-state index contributed by atoms with van der Waals surface area (Å²) in [4.78, 5) is 4.66. The Kier molecular flexibility index (Phi) is 10.0. The van der Waals surface area contributed by atoms with Crippen molar-refractivity contribution >= 4 is 79.0 Å². The van der Waals surface area contributed by atoms with Crippen molar-refractivity contribution in [2.75, 3.05) is 9.80 Å². The molecule has 3 nitrogen and oxygen atoms in total. The van der Waals surface area contributed by atoms with Crippen LogP contribution in [-0.2, 0) is 21.7 Å². The largest absolute Gasteiger partial charge is 0.311 e. The number of benzene rings is 11. The van der Waals surface area contributed by atoms with Crippen LogP contribution in [0.4, 0.5) is 34.1 Å². The van der Waals surface area contributed by atoms with E-state index in [-0.39, 0.29) is 63.5 Å². The number of anilines is 6. The monoisotopic (exact) mass is 1070 g/mol. The molecule has 0 bridgehead atoms. The highest BCUT2D eigenvalue weighted by Gasteiger charge is 2.45. The smallest absolute Gasteiger partial charge is 0.252 e. The highest BCUT2D eigenvalue weighted by Crippen LogP contribution is 2.49. The standard InChI is InChI=1S/C78H68BN3/c1-75(2,53-25-13-9-14-26-53)57-37-43-61(44-38-57)80-70-47-41-59(77(5,6)55-29-17-11-18-30-55)49-66(70)79-67-50-60(78(7,8)56-31-19-12-20-32-56)42-48-71(67)81(62-45-39-58(40-46-62)76(3,4)54-27-15-10-16-28-54)73-52-63(51-72(80)74(73)79)82-68-35-23-21-33-64(68)65-34-22-24-36-69(65)82/h9-52H,1-8H3/i21D,22D,23D,24D,33D,34D,35D,36D. The Bertz CT molecular complexity index is 4550. The number of hydrogen-bond acceptors (Lipinski definition) is 2. The van der Waals surface area contributed by atoms with Crippen molar-refractivity contribution < 1.29 is 11.0 Å². The second-order valence-corrected chi connectivity index (χ2v) is 24.4. The summed E-state index contributed by atoms with van der Waals surface area (Å²) in [5.74, 6) is 0. The van der Waals surface area contributed by atoms with Crippen molar-refractivity contribution in [2.24, 2.45) is 0 Å². The third-order valence-electron chi connectivity index (χ3n) is 18.5. The minimum atomic E-state index is -0.490. The van der Waals surface area contributed by atoms with Crippen molar-refractivity contribution in [3.8, 4) is 5.69 Å². The van der Waals surface area contributed by atoms with Crippen LogP contribution in [-0.4, -0.2) is 11.3 Å². The van der Waals surface area contributed by atoms with Gasteiger partial charge in [-0.25, -0.2) is 0 Å². The average molecular weight is 1070 g/mol. The van der Waals surface area contributed by atoms with Crippen molar-refractivity contribution in [1.29, 1.82) is 0 Å². The lowest BCUT2D eigenvalue weighted by Crippen LogP contribution is -2.61. The Morgan fingerprint density at radius 2 is 0.610 bits per heavy atom. The molecule has 398 valence electrons. The van der Waals surface area contributed by atoms with Gasteiger partial charge in [-0.3, -0.25) is 0 Å². The van der Waals surface area contributed by atoms with Crippen LogP contribution in [0.15, 0.2) is 267 Å². The quantitative estimate of drug-likeness (QED) is 0.120. The Labute approximate surface area is 496 Å². The third kappa shape index (κ3) is 8.09. The molecule has 0 unspecified atom stereocenters. The minimum absolute atomic E-state index is 0.0204. The van der Waals surface area contributed by atoms with Crippen molar-refractivity contribution in [2.45, 2.75) is 77.0 Å². The van der Waals surface area contributed by atoms with E-state index < -0.39 is 35.0 Å². The third-order valence-corrected chi connectivity index (χ3v) is 18.5. The van der Waals surface area contributed by atoms with E-state index >= 15 is 0 Å². The van der Waals surface area contributed by atoms with Gasteiger partial charge in [-0.05, 0) is 122 Å². The minimum Gasteiger partial charge on any atom is -0.311 e. The van der Waals surface area contributed by atoms with E-state index in [4.69, 9.17) is 2.74 Å². The summed E-state index contributed by atoms with van der Waals surface area (Å²) in [6.45, 7) is 17.8. The molecule has 0 radical (unpaired) electrons. The Hall–Kier alpha value is -9.12. The molecule has 12 aromatic rings. The fourth-order valence-electron chi connectivity index (χ4n) is 13.3. The molecule has 4 heteroatoms. The first kappa shape index (κ1) is 42.7. The molecule has 0 atom stereocenters. The van der Waals surface area contributed by atoms with E-state index in [0.717, 1.165) is 72.8 Å². The van der Waals surface area contributed by atoms with Crippen LogP contribution in [0.1, 0.15) is 111 Å². The Morgan fingerprint density at radius 1 is 0.305 bits per heavy atom. The number of rotatable bonds is 11. The molecule has 0 aliphatic carbocycles. The van der Waals surface area contributed by atoms with Gasteiger partial charge in [0, 0.05) is 66.6 Å². The maximum Gasteiger partial charge on any atom is 0.252 e. The van der Waals surface area contributed by atoms with Gasteiger partial charge in [0.2, 0.25) is 0 Å². The number of para-hydroxylation sites is 2. The van der Waals surface area contributed by atoms with Gasteiger partial charge in [0.25, 0.3) is 6.71 Å². The first-order valence-corrected chi connectivity index (χ1v) is 28.5. The molecule has 2 aliphatic rings. The number of aromatic nitrogens is 1. The molecular formula is C78H68BN3. The van der Waals surface area contributed by atoms with E-state index in [1.807, 2.05) is 12.1 Å². The molecule has 0 saturated carbocycles. The number of fused-ring (bicyclic) bond motifs is 7. The number of nitrogens with zero attached hydrogens (tertiary/aromatic N) is 3. The van der Waals surface area contributed by atoms with E-state index in [1.165, 1.54) is 22.3 Å². The van der Waals surface area contributed by atoms with E-state index in [2.05, 4.69) is 271 Å². The second kappa shape index (κ2) is 19.3. The summed E-state index contributed by atoms with van der Waals surface area (Å²) in [6, 6.07) is 74.7. The average Bonchev–Trinajstić information content (AvgIpc) is 1.19. The number of hydrogen-bond donors (Lipinski definition) is 0. The lowest BCUT2D eigenvalue weighted by Gasteiger charge is -2.45. The van der Waals surface area contributed by atoms with Gasteiger partial charge >= 0.3 is 0 Å². The van der Waals surface area contributed by atoms with Crippen LogP contribution < -0.4 is 26.2 Å². The van der Waals surface area contributed by atoms with Crippen molar-refractivity contribution in [3.05, 3.63) is 311 Å². The SMILES string of the molecule is [2H]c1c([2H])c([2H])c2c(c1[2H])c1c([2H])c([2H])c([2H])c([2H])c1n2-c1cc2c3c(c1)N(c1ccc(C(C)(C)c4ccccc4)cc1)c1ccc(C(C)(C)c4ccccc4)cc1B3c1cc(C(C)(C)c3ccccc3)ccc1N2c1ccc(C(C)(C)c2ccccc2)cc1. The van der Waals surface area contributed by atoms with Crippen LogP contribution in [0.25, 0.3) is 27.5 Å². The summed E-state index contributed by atoms with van der Waals surface area (Å²) in [5.41, 5.74) is 16.7. The van der Waals surface area contributed by atoms with E-state index in [9.17, 15) is 8.22 Å². The topological polar surface area (TPSA) is 11.4 Å². The predicted octanol–water partition coefficient (Wildman–Crippen LogP) is 18.2. The summed E-state index contributed by atoms with van der Waals surface area (Å²) in [6.07, 6.45) is 0. The highest BCUT2D eigenvalue weighted by atomic mass is 15.2. The van der Waals surface area contributed by atoms with Gasteiger partial charge in [-0.2, -0.15) is 0 Å². The molecule has 1 aromatic heterocycles. The Balaban J connectivity index is 1.13. The fraction of sp³-hybridized carbons (Fsp3) is 0.154. The molecule has 3 heterocycles. The molecule has 0 saturated heterocycles. The lowest BCUT2D eigenvalue weighted by atomic mass is 9.33. The summed E-state index contributed by atoms with van der Waals surface area (Å²) < 4.78 is 76.4. The molecule has 14 rings (SSSR count). The summed E-state index contributed by atoms with van der Waals surface area (Å²) >= 11 is 0. The zero-order valence-electron chi connectivity index (χ0n) is 55.7. The van der Waals surface area contributed by atoms with Crippen LogP contribution in [0.5, 0.6) is 0 Å². The molecular weight excluding hydrogens is 990 g/mol. The molecule has 0 spiro atoms. The van der Waals surface area contributed by atoms with Gasteiger partial charge < -0.3 is 14.4 Å². The van der Waals surface area contributed by atoms with Crippen molar-refractivity contribution in [1.82, 2.24) is 4.57 Å². The van der Waals surface area contributed by atoms with Gasteiger partial charge in [0.15, 0.2) is 0 Å². The van der Waals surface area contributed by atoms with E-state index in [1.54, 1.807) is 4.57 Å². The van der Waals surface area contributed by atoms with Crippen LogP contribution in [0, 0.1) is 0 Å². The van der Waals surface area contributed by atoms with Gasteiger partial charge in [-0.1, -0.05) is 262 Å². The second-order valence-electron chi connectivity index (χ2n) is 24.4. The fourth-order valence-corrected chi connectivity index (χ4v) is 13.3. The predicted molar refractivity (Wildman–Crippen MR) is 349 cm³/mol. The molecule has 0 fully saturated rings. The first-order valence-electron chi connectivity index (χ1n) is 32.5. The van der Waals surface area contributed by atoms with Crippen molar-refractivity contribution in [3.63, 3.8) is 0 Å². The van der Waals surface area contributed by atoms with E-state index in [0.29, 0.717) is 5.69 Å². The van der Waals surface area contributed by atoms with Crippen LogP contribution >= 0.6 is 0 Å². The first-order chi connectivity index (χ1) is 43.0. The molecule has 11 aromatic carbocycles. The molecule has 82 heavy (non-hydrogen) atoms.